The van der Waals surface area contributed by atoms with Crippen LogP contribution in [-0.2, 0) is 52.1 Å². The number of carbonyl (C=O) groups excluding carboxylic acids is 1. The van der Waals surface area contributed by atoms with Crippen LogP contribution in [-0.4, -0.2) is 62.2 Å². The Labute approximate surface area is 318 Å². The molecule has 21 heteroatoms. The highest BCUT2D eigenvalue weighted by molar-refractivity contribution is 7.92. The predicted molar refractivity (Wildman–Crippen MR) is 191 cm³/mol. The molecule has 8 rings (SSSR count). The number of alkyl halides is 4. The van der Waals surface area contributed by atoms with Gasteiger partial charge in [-0.2, -0.15) is 19.0 Å². The van der Waals surface area contributed by atoms with Crippen molar-refractivity contribution < 1.29 is 44.3 Å². The number of hydrogen-bond donors (Lipinski definition) is 3. The fourth-order valence-corrected chi connectivity index (χ4v) is 8.40. The normalized spacial score (nSPS) is 17.8. The third-order valence-electron chi connectivity index (χ3n) is 9.83. The summed E-state index contributed by atoms with van der Waals surface area (Å²) in [4.78, 5) is 26.3. The average molecular weight is 822 g/mol. The van der Waals surface area contributed by atoms with Crippen LogP contribution in [0.5, 0.6) is 0 Å². The number of imidazole rings is 1. The standard InChI is InChI=1S/C35H30ClF6N9O4S/c1-50-30-17(4-5-21(36)27(30)34(48-50)49-56(3,53)54)18-11-23-33(45-24(43-23)13-55-2)46-28(18)22(8-14-6-15(37)9-16(38)7-14)44-25(52)12-51-31-26(29(47-51)32(39)40)19-10-20(19)35(31,41)42/h4-7,9,11,19-20,22,32H,8,10,12-13H2,1-3H3,(H,44,52)(H,48,49)(H,43,45,46)/t19?,20-,22+/m1/s1. The zero-order valence-electron chi connectivity index (χ0n) is 29.5. The van der Waals surface area contributed by atoms with Crippen molar-refractivity contribution in [2.45, 2.75) is 50.3 Å². The molecule has 6 aromatic rings. The number of fused-ring (bicyclic) bond motifs is 5. The van der Waals surface area contributed by atoms with Crippen molar-refractivity contribution in [1.29, 1.82) is 0 Å². The third-order valence-corrected chi connectivity index (χ3v) is 10.7. The fraction of sp³-hybridized carbons (Fsp3) is 0.343. The molecule has 2 aromatic carbocycles. The highest BCUT2D eigenvalue weighted by Gasteiger charge is 2.67. The van der Waals surface area contributed by atoms with Gasteiger partial charge in [0.1, 0.15) is 42.0 Å². The molecule has 1 saturated carbocycles. The first-order valence-electron chi connectivity index (χ1n) is 17.0. The molecule has 13 nitrogen and oxygen atoms in total. The molecule has 0 bridgehead atoms. The fourth-order valence-electron chi connectivity index (χ4n) is 7.67. The second kappa shape index (κ2) is 13.5. The van der Waals surface area contributed by atoms with Crippen molar-refractivity contribution in [2.24, 2.45) is 13.0 Å². The lowest BCUT2D eigenvalue weighted by Crippen LogP contribution is -2.35. The van der Waals surface area contributed by atoms with E-state index in [2.05, 4.69) is 30.2 Å². The summed E-state index contributed by atoms with van der Waals surface area (Å²) in [6.07, 6.45) is -2.51. The minimum atomic E-state index is -3.83. The lowest BCUT2D eigenvalue weighted by molar-refractivity contribution is -0.123. The zero-order chi connectivity index (χ0) is 40.0. The van der Waals surface area contributed by atoms with Crippen LogP contribution in [0.1, 0.15) is 58.8 Å². The molecular formula is C35H30ClF6N9O4S. The number of H-pyrrole nitrogens is 1. The molecule has 4 heterocycles. The van der Waals surface area contributed by atoms with Gasteiger partial charge in [0.25, 0.3) is 12.3 Å². The molecule has 0 spiro atoms. The summed E-state index contributed by atoms with van der Waals surface area (Å²) < 4.78 is 122. The van der Waals surface area contributed by atoms with Crippen LogP contribution in [0, 0.1) is 17.6 Å². The van der Waals surface area contributed by atoms with E-state index in [9.17, 15) is 30.8 Å². The summed E-state index contributed by atoms with van der Waals surface area (Å²) in [7, 11) is -0.832. The number of sulfonamides is 1. The Morgan fingerprint density at radius 3 is 2.50 bits per heavy atom. The first-order chi connectivity index (χ1) is 26.4. The average Bonchev–Trinajstić information content (AvgIpc) is 3.37. The number of aromatic amines is 1. The minimum absolute atomic E-state index is 0.0283. The number of nitrogens with zero attached hydrogens (tertiary/aromatic N) is 6. The monoisotopic (exact) mass is 821 g/mol. The van der Waals surface area contributed by atoms with Crippen molar-refractivity contribution in [3.63, 3.8) is 0 Å². The molecule has 1 amide bonds. The van der Waals surface area contributed by atoms with Crippen LogP contribution in [0.4, 0.5) is 32.2 Å². The number of aryl methyl sites for hydroxylation is 1. The van der Waals surface area contributed by atoms with E-state index < -0.39 is 75.7 Å². The Morgan fingerprint density at radius 1 is 1.09 bits per heavy atom. The maximum atomic E-state index is 15.4. The molecule has 294 valence electrons. The van der Waals surface area contributed by atoms with Crippen LogP contribution in [0.2, 0.25) is 5.02 Å². The van der Waals surface area contributed by atoms with E-state index in [1.807, 2.05) is 0 Å². The number of amides is 1. The lowest BCUT2D eigenvalue weighted by atomic mass is 9.94. The number of hydrogen-bond acceptors (Lipinski definition) is 8. The van der Waals surface area contributed by atoms with E-state index in [0.717, 1.165) is 18.4 Å². The molecule has 0 saturated heterocycles. The Morgan fingerprint density at radius 2 is 1.82 bits per heavy atom. The smallest absolute Gasteiger partial charge is 0.293 e. The highest BCUT2D eigenvalue weighted by Crippen LogP contribution is 2.68. The number of rotatable bonds is 12. The van der Waals surface area contributed by atoms with Gasteiger partial charge in [-0.25, -0.2) is 35.9 Å². The first-order valence-corrected chi connectivity index (χ1v) is 19.2. The number of methoxy groups -OCH3 is 1. The van der Waals surface area contributed by atoms with Gasteiger partial charge in [-0.05, 0) is 48.6 Å². The molecule has 3 atom stereocenters. The van der Waals surface area contributed by atoms with Gasteiger partial charge in [0.15, 0.2) is 11.5 Å². The van der Waals surface area contributed by atoms with E-state index in [1.54, 1.807) is 19.2 Å². The Balaban J connectivity index is 1.29. The lowest BCUT2D eigenvalue weighted by Gasteiger charge is -2.23. The number of aromatic nitrogens is 7. The second-order valence-corrected chi connectivity index (χ2v) is 16.0. The molecule has 0 aliphatic heterocycles. The number of halogens is 7. The quantitative estimate of drug-likeness (QED) is 0.120. The molecule has 3 N–H and O–H groups in total. The summed E-state index contributed by atoms with van der Waals surface area (Å²) in [6.45, 7) is -0.845. The Bertz CT molecular complexity index is 2680. The van der Waals surface area contributed by atoms with Crippen molar-refractivity contribution in [3.05, 3.63) is 87.1 Å². The number of pyridine rings is 1. The molecule has 0 radical (unpaired) electrons. The van der Waals surface area contributed by atoms with Crippen molar-refractivity contribution in [2.75, 3.05) is 18.1 Å². The molecule has 4 aromatic heterocycles. The van der Waals surface area contributed by atoms with Crippen molar-refractivity contribution >= 4 is 55.4 Å². The predicted octanol–water partition coefficient (Wildman–Crippen LogP) is 6.40. The number of benzene rings is 2. The van der Waals surface area contributed by atoms with E-state index in [1.165, 1.54) is 17.9 Å². The Kier molecular flexibility index (Phi) is 9.07. The maximum Gasteiger partial charge on any atom is 0.293 e. The highest BCUT2D eigenvalue weighted by atomic mass is 35.5. The van der Waals surface area contributed by atoms with E-state index >= 15 is 8.78 Å². The van der Waals surface area contributed by atoms with E-state index in [0.29, 0.717) is 33.2 Å². The summed E-state index contributed by atoms with van der Waals surface area (Å²) in [5.74, 6) is -7.95. The molecule has 2 aliphatic carbocycles. The maximum absolute atomic E-state index is 15.4. The summed E-state index contributed by atoms with van der Waals surface area (Å²) in [6, 6.07) is 6.18. The van der Waals surface area contributed by atoms with E-state index in [-0.39, 0.29) is 63.7 Å². The summed E-state index contributed by atoms with van der Waals surface area (Å²) in [5, 5.41) is 11.2. The second-order valence-electron chi connectivity index (χ2n) is 13.9. The van der Waals surface area contributed by atoms with Crippen LogP contribution in [0.3, 0.4) is 0 Å². The summed E-state index contributed by atoms with van der Waals surface area (Å²) >= 11 is 6.60. The number of nitrogens with one attached hydrogen (secondary N) is 3. The largest absolute Gasteiger partial charge is 0.377 e. The van der Waals surface area contributed by atoms with E-state index in [4.69, 9.17) is 21.3 Å². The molecule has 56 heavy (non-hydrogen) atoms. The topological polar surface area (TPSA) is 162 Å². The van der Waals surface area contributed by atoms with Crippen LogP contribution in [0.15, 0.2) is 36.4 Å². The Hall–Kier alpha value is -5.21. The van der Waals surface area contributed by atoms with Crippen molar-refractivity contribution in [1.82, 2.24) is 39.8 Å². The minimum Gasteiger partial charge on any atom is -0.377 e. The first kappa shape index (κ1) is 37.7. The SMILES string of the molecule is COCc1nc2nc([C@H](Cc3cc(F)cc(F)c3)NC(=O)Cn3nc(C(F)F)c4c3C(F)(F)[C@@H]3CC43)c(-c3ccc(Cl)c4c(NS(C)(=O)=O)nn(C)c34)cc2[nH]1. The zero-order valence-corrected chi connectivity index (χ0v) is 31.0. The van der Waals surface area contributed by atoms with Gasteiger partial charge in [0, 0.05) is 42.8 Å². The molecular weight excluding hydrogens is 792 g/mol. The number of ether oxygens (including phenoxy) is 1. The van der Waals surface area contributed by atoms with Crippen LogP contribution >= 0.6 is 11.6 Å². The van der Waals surface area contributed by atoms with Gasteiger partial charge in [0.05, 0.1) is 39.4 Å². The molecule has 1 unspecified atom stereocenters. The molecule has 2 aliphatic rings. The van der Waals surface area contributed by atoms with Gasteiger partial charge >= 0.3 is 0 Å². The van der Waals surface area contributed by atoms with Gasteiger partial charge in [-0.15, -0.1) is 0 Å². The third kappa shape index (κ3) is 6.61. The number of anilines is 1. The molecule has 1 fully saturated rings. The number of carbonyl (C=O) groups is 1. The van der Waals surface area contributed by atoms with Gasteiger partial charge in [0.2, 0.25) is 15.9 Å². The van der Waals surface area contributed by atoms with Crippen LogP contribution < -0.4 is 10.0 Å². The van der Waals surface area contributed by atoms with Gasteiger partial charge in [-0.3, -0.25) is 18.9 Å². The van der Waals surface area contributed by atoms with Crippen molar-refractivity contribution in [3.8, 4) is 11.1 Å². The summed E-state index contributed by atoms with van der Waals surface area (Å²) in [5.41, 5.74) is -0.165. The van der Waals surface area contributed by atoms with Gasteiger partial charge < -0.3 is 15.0 Å². The van der Waals surface area contributed by atoms with Crippen LogP contribution in [0.25, 0.3) is 33.2 Å². The van der Waals surface area contributed by atoms with Gasteiger partial charge in [-0.1, -0.05) is 17.7 Å².